The molecule has 1 N–H and O–H groups in total. The molecule has 4 nitrogen and oxygen atoms in total. The zero-order chi connectivity index (χ0) is 25.4. The van der Waals surface area contributed by atoms with Crippen LogP contribution >= 0.6 is 0 Å². The SMILES string of the molecule is C[C@]12C[C@H](c3ccc(OCCCCCN4CCCC4)cc3)[C@@H]3c4ccc(O)cc4CC[C@H]3[C@@H]1CCC2=O. The number of likely N-dealkylation sites (tertiary alicyclic amines) is 1. The minimum absolute atomic E-state index is 0.204. The second-order valence-corrected chi connectivity index (χ2v) is 12.4. The van der Waals surface area contributed by atoms with Gasteiger partial charge in [-0.05, 0) is 142 Å². The molecule has 1 heterocycles. The molecule has 37 heavy (non-hydrogen) atoms. The number of benzene rings is 2. The van der Waals surface area contributed by atoms with E-state index in [0.29, 0.717) is 35.2 Å². The van der Waals surface area contributed by atoms with E-state index in [1.54, 1.807) is 0 Å². The number of hydrogen-bond acceptors (Lipinski definition) is 4. The van der Waals surface area contributed by atoms with Crippen molar-refractivity contribution in [2.45, 2.75) is 83.0 Å². The summed E-state index contributed by atoms with van der Waals surface area (Å²) in [5, 5.41) is 10.1. The van der Waals surface area contributed by atoms with E-state index < -0.39 is 0 Å². The first kappa shape index (κ1) is 25.0. The highest BCUT2D eigenvalue weighted by Gasteiger charge is 2.57. The molecule has 3 fully saturated rings. The van der Waals surface area contributed by atoms with Crippen LogP contribution in [-0.4, -0.2) is 42.0 Å². The number of Topliss-reactive ketones (excluding diaryl/α,β-unsaturated/α-hetero) is 1. The summed E-state index contributed by atoms with van der Waals surface area (Å²) in [6.45, 7) is 6.84. The molecule has 2 saturated carbocycles. The van der Waals surface area contributed by atoms with Crippen molar-refractivity contribution in [2.75, 3.05) is 26.2 Å². The number of ether oxygens (including phenoxy) is 1. The third-order valence-corrected chi connectivity index (χ3v) is 10.3. The molecule has 0 spiro atoms. The topological polar surface area (TPSA) is 49.8 Å². The van der Waals surface area contributed by atoms with E-state index in [2.05, 4.69) is 42.2 Å². The Hall–Kier alpha value is -2.33. The van der Waals surface area contributed by atoms with Gasteiger partial charge in [0.05, 0.1) is 6.61 Å². The van der Waals surface area contributed by atoms with Crippen molar-refractivity contribution in [2.24, 2.45) is 17.3 Å². The van der Waals surface area contributed by atoms with E-state index in [0.717, 1.165) is 50.9 Å². The zero-order valence-electron chi connectivity index (χ0n) is 22.5. The standard InChI is InChI=1S/C33H43NO3/c1-33-22-29(23-7-11-26(12-8-23)37-20-6-2-3-17-34-18-4-5-19-34)32-27-14-10-25(35)21-24(27)9-13-28(32)30(33)15-16-31(33)36/h7-8,10-12,14,21,28-30,32,35H,2-6,9,13,15-20,22H2,1H3/t28-,29+,30-,32+,33-/m0/s1. The van der Waals surface area contributed by atoms with Crippen LogP contribution in [0.4, 0.5) is 0 Å². The molecule has 2 aromatic carbocycles. The molecule has 5 atom stereocenters. The minimum atomic E-state index is -0.204. The van der Waals surface area contributed by atoms with Gasteiger partial charge in [0.15, 0.2) is 0 Å². The molecule has 0 radical (unpaired) electrons. The van der Waals surface area contributed by atoms with Crippen molar-refractivity contribution < 1.29 is 14.6 Å². The Balaban J connectivity index is 1.15. The number of phenols is 1. The summed E-state index contributed by atoms with van der Waals surface area (Å²) < 4.78 is 6.11. The molecule has 0 aromatic heterocycles. The third-order valence-electron chi connectivity index (χ3n) is 10.3. The van der Waals surface area contributed by atoms with Crippen LogP contribution in [0.5, 0.6) is 11.5 Å². The number of fused-ring (bicyclic) bond motifs is 5. The van der Waals surface area contributed by atoms with Crippen LogP contribution in [0.1, 0.15) is 93.2 Å². The number of carbonyl (C=O) groups is 1. The van der Waals surface area contributed by atoms with Crippen molar-refractivity contribution >= 4 is 5.78 Å². The van der Waals surface area contributed by atoms with Crippen molar-refractivity contribution in [3.63, 3.8) is 0 Å². The van der Waals surface area contributed by atoms with E-state index >= 15 is 0 Å². The second-order valence-electron chi connectivity index (χ2n) is 12.4. The van der Waals surface area contributed by atoms with Gasteiger partial charge in [-0.3, -0.25) is 4.79 Å². The van der Waals surface area contributed by atoms with E-state index in [4.69, 9.17) is 4.74 Å². The smallest absolute Gasteiger partial charge is 0.139 e. The summed E-state index contributed by atoms with van der Waals surface area (Å²) >= 11 is 0. The fourth-order valence-corrected chi connectivity index (χ4v) is 8.41. The molecule has 4 heteroatoms. The normalized spacial score (nSPS) is 31.1. The molecule has 0 unspecified atom stereocenters. The summed E-state index contributed by atoms with van der Waals surface area (Å²) in [6.07, 6.45) is 11.2. The number of ketones is 1. The van der Waals surface area contributed by atoms with E-state index in [1.807, 2.05) is 12.1 Å². The van der Waals surface area contributed by atoms with Crippen LogP contribution in [0.15, 0.2) is 42.5 Å². The maximum absolute atomic E-state index is 13.1. The number of unbranched alkanes of at least 4 members (excludes halogenated alkanes) is 2. The number of aromatic hydroxyl groups is 1. The fourth-order valence-electron chi connectivity index (χ4n) is 8.41. The van der Waals surface area contributed by atoms with Crippen LogP contribution in [0.25, 0.3) is 0 Å². The molecule has 3 aliphatic carbocycles. The first-order valence-corrected chi connectivity index (χ1v) is 14.8. The van der Waals surface area contributed by atoms with Crippen molar-refractivity contribution in [1.29, 1.82) is 0 Å². The molecule has 1 aliphatic heterocycles. The molecule has 0 bridgehead atoms. The number of hydrogen-bond donors (Lipinski definition) is 1. The maximum atomic E-state index is 13.1. The summed E-state index contributed by atoms with van der Waals surface area (Å²) in [6, 6.07) is 14.8. The van der Waals surface area contributed by atoms with E-state index in [1.165, 1.54) is 62.0 Å². The van der Waals surface area contributed by atoms with E-state index in [9.17, 15) is 9.90 Å². The fraction of sp³-hybridized carbons (Fsp3) is 0.606. The summed E-state index contributed by atoms with van der Waals surface area (Å²) in [5.74, 6) is 3.53. The maximum Gasteiger partial charge on any atom is 0.139 e. The monoisotopic (exact) mass is 501 g/mol. The molecular formula is C33H43NO3. The number of carbonyl (C=O) groups excluding carboxylic acids is 1. The Bertz CT molecular complexity index is 1110. The third kappa shape index (κ3) is 4.82. The highest BCUT2D eigenvalue weighted by atomic mass is 16.5. The first-order chi connectivity index (χ1) is 18.0. The van der Waals surface area contributed by atoms with Gasteiger partial charge in [0, 0.05) is 11.8 Å². The number of rotatable bonds is 8. The van der Waals surface area contributed by atoms with Gasteiger partial charge in [-0.1, -0.05) is 25.1 Å². The Kier molecular flexibility index (Phi) is 7.05. The van der Waals surface area contributed by atoms with Gasteiger partial charge in [-0.15, -0.1) is 0 Å². The zero-order valence-corrected chi connectivity index (χ0v) is 22.5. The van der Waals surface area contributed by atoms with Crippen LogP contribution in [0, 0.1) is 17.3 Å². The average Bonchev–Trinajstić information content (AvgIpc) is 3.53. The Morgan fingerprint density at radius 1 is 1.00 bits per heavy atom. The molecule has 2 aromatic rings. The Labute approximate surface area is 222 Å². The lowest BCUT2D eigenvalue weighted by Crippen LogP contribution is -2.45. The van der Waals surface area contributed by atoms with Crippen LogP contribution < -0.4 is 4.74 Å². The quantitative estimate of drug-likeness (QED) is 0.402. The highest BCUT2D eigenvalue weighted by Crippen LogP contribution is 2.64. The molecule has 1 saturated heterocycles. The van der Waals surface area contributed by atoms with Crippen molar-refractivity contribution in [1.82, 2.24) is 4.90 Å². The molecule has 198 valence electrons. The molecule has 0 amide bonds. The van der Waals surface area contributed by atoms with Gasteiger partial charge < -0.3 is 14.7 Å². The first-order valence-electron chi connectivity index (χ1n) is 14.8. The molecule has 6 rings (SSSR count). The van der Waals surface area contributed by atoms with Gasteiger partial charge in [0.1, 0.15) is 17.3 Å². The lowest BCUT2D eigenvalue weighted by molar-refractivity contribution is -0.130. The van der Waals surface area contributed by atoms with Gasteiger partial charge in [0.25, 0.3) is 0 Å². The lowest BCUT2D eigenvalue weighted by Gasteiger charge is -2.52. The number of nitrogens with zero attached hydrogens (tertiary/aromatic N) is 1. The predicted molar refractivity (Wildman–Crippen MR) is 147 cm³/mol. The van der Waals surface area contributed by atoms with Gasteiger partial charge in [0.2, 0.25) is 0 Å². The van der Waals surface area contributed by atoms with Gasteiger partial charge in [-0.2, -0.15) is 0 Å². The van der Waals surface area contributed by atoms with Crippen LogP contribution in [-0.2, 0) is 11.2 Å². The van der Waals surface area contributed by atoms with Crippen molar-refractivity contribution in [3.8, 4) is 11.5 Å². The average molecular weight is 502 g/mol. The second kappa shape index (κ2) is 10.4. The number of aryl methyl sites for hydroxylation is 1. The van der Waals surface area contributed by atoms with Crippen molar-refractivity contribution in [3.05, 3.63) is 59.2 Å². The molecular weight excluding hydrogens is 458 g/mol. The molecule has 4 aliphatic rings. The minimum Gasteiger partial charge on any atom is -0.508 e. The lowest BCUT2D eigenvalue weighted by atomic mass is 9.51. The summed E-state index contributed by atoms with van der Waals surface area (Å²) in [5.41, 5.74) is 3.82. The largest absolute Gasteiger partial charge is 0.508 e. The predicted octanol–water partition coefficient (Wildman–Crippen LogP) is 6.86. The van der Waals surface area contributed by atoms with Crippen LogP contribution in [0.3, 0.4) is 0 Å². The summed E-state index contributed by atoms with van der Waals surface area (Å²) in [7, 11) is 0. The van der Waals surface area contributed by atoms with Gasteiger partial charge >= 0.3 is 0 Å². The highest BCUT2D eigenvalue weighted by molar-refractivity contribution is 5.87. The Morgan fingerprint density at radius 3 is 2.62 bits per heavy atom. The number of phenolic OH excluding ortho intramolecular Hbond substituents is 1. The summed E-state index contributed by atoms with van der Waals surface area (Å²) in [4.78, 5) is 15.7. The van der Waals surface area contributed by atoms with Gasteiger partial charge in [-0.25, -0.2) is 0 Å². The van der Waals surface area contributed by atoms with Crippen LogP contribution in [0.2, 0.25) is 0 Å². The van der Waals surface area contributed by atoms with E-state index in [-0.39, 0.29) is 5.41 Å². The Morgan fingerprint density at radius 2 is 1.81 bits per heavy atom.